The molecule has 0 aromatic heterocycles. The number of rotatable bonds is 9. The van der Waals surface area contributed by atoms with Crippen molar-refractivity contribution in [2.75, 3.05) is 19.7 Å². The largest absolute Gasteiger partial charge is 0.481 e. The van der Waals surface area contributed by atoms with E-state index in [0.717, 1.165) is 22.3 Å². The number of ether oxygens (including phenoxy) is 1. The molecule has 1 atom stereocenters. The lowest BCUT2D eigenvalue weighted by Crippen LogP contribution is -2.43. The third kappa shape index (κ3) is 5.66. The van der Waals surface area contributed by atoms with Crippen molar-refractivity contribution in [2.45, 2.75) is 46.0 Å². The number of carbonyl (C=O) groups excluding carboxylic acids is 2. The van der Waals surface area contributed by atoms with Crippen LogP contribution < -0.4 is 10.6 Å². The zero-order chi connectivity index (χ0) is 25.2. The van der Waals surface area contributed by atoms with E-state index in [2.05, 4.69) is 34.9 Å². The van der Waals surface area contributed by atoms with Gasteiger partial charge in [0.25, 0.3) is 0 Å². The number of hydrogen-bond donors (Lipinski definition) is 3. The van der Waals surface area contributed by atoms with Crippen LogP contribution >= 0.6 is 0 Å². The first-order chi connectivity index (χ1) is 16.6. The molecule has 2 aliphatic rings. The Kier molecular flexibility index (Phi) is 6.88. The predicted molar refractivity (Wildman–Crippen MR) is 133 cm³/mol. The molecule has 2 aromatic rings. The SMILES string of the molecule is CC(C)(C)CC(CNC(=O)C1(CNC(=O)OCC2c3ccccc3-c3ccccc32)CC1)C(=O)O. The number of aliphatic carboxylic acids is 1. The van der Waals surface area contributed by atoms with E-state index in [1.165, 1.54) is 0 Å². The highest BCUT2D eigenvalue weighted by Crippen LogP contribution is 2.46. The molecular formula is C28H34N2O5. The molecule has 2 aromatic carbocycles. The van der Waals surface area contributed by atoms with Crippen LogP contribution in [0.2, 0.25) is 0 Å². The Balaban J connectivity index is 1.28. The maximum absolute atomic E-state index is 12.8. The summed E-state index contributed by atoms with van der Waals surface area (Å²) in [4.78, 5) is 36.8. The summed E-state index contributed by atoms with van der Waals surface area (Å²) in [7, 11) is 0. The van der Waals surface area contributed by atoms with Crippen LogP contribution in [0, 0.1) is 16.7 Å². The third-order valence-corrected chi connectivity index (χ3v) is 6.97. The Morgan fingerprint density at radius 3 is 2.09 bits per heavy atom. The van der Waals surface area contributed by atoms with E-state index in [9.17, 15) is 19.5 Å². The van der Waals surface area contributed by atoms with Crippen LogP contribution in [-0.2, 0) is 14.3 Å². The van der Waals surface area contributed by atoms with E-state index in [0.29, 0.717) is 19.3 Å². The second-order valence-electron chi connectivity index (χ2n) is 11.0. The van der Waals surface area contributed by atoms with Gasteiger partial charge in [0.05, 0.1) is 11.3 Å². The predicted octanol–water partition coefficient (Wildman–Crippen LogP) is 4.56. The molecule has 0 saturated heterocycles. The molecule has 2 amide bonds. The molecule has 1 unspecified atom stereocenters. The van der Waals surface area contributed by atoms with E-state index >= 15 is 0 Å². The van der Waals surface area contributed by atoms with Crippen molar-refractivity contribution in [3.63, 3.8) is 0 Å². The molecule has 0 aliphatic heterocycles. The van der Waals surface area contributed by atoms with Gasteiger partial charge in [-0.2, -0.15) is 0 Å². The molecule has 1 fully saturated rings. The monoisotopic (exact) mass is 478 g/mol. The van der Waals surface area contributed by atoms with Gasteiger partial charge in [-0.1, -0.05) is 69.3 Å². The Labute approximate surface area is 206 Å². The Hall–Kier alpha value is -3.35. The van der Waals surface area contributed by atoms with E-state index < -0.39 is 23.4 Å². The van der Waals surface area contributed by atoms with Gasteiger partial charge in [-0.3, -0.25) is 9.59 Å². The van der Waals surface area contributed by atoms with Crippen LogP contribution in [-0.4, -0.2) is 42.8 Å². The lowest BCUT2D eigenvalue weighted by Gasteiger charge is -2.24. The number of nitrogens with one attached hydrogen (secondary N) is 2. The van der Waals surface area contributed by atoms with Crippen molar-refractivity contribution in [1.82, 2.24) is 10.6 Å². The van der Waals surface area contributed by atoms with Crippen molar-refractivity contribution < 1.29 is 24.2 Å². The van der Waals surface area contributed by atoms with Gasteiger partial charge in [-0.05, 0) is 46.9 Å². The van der Waals surface area contributed by atoms with E-state index in [4.69, 9.17) is 4.74 Å². The molecule has 2 aliphatic carbocycles. The van der Waals surface area contributed by atoms with Crippen molar-refractivity contribution in [3.05, 3.63) is 59.7 Å². The Morgan fingerprint density at radius 2 is 1.57 bits per heavy atom. The first kappa shape index (κ1) is 24.8. The minimum absolute atomic E-state index is 0.0258. The molecule has 0 bridgehead atoms. The standard InChI is InChI=1S/C28H34N2O5/c1-27(2,3)14-18(24(31)32)15-29-25(33)28(12-13-28)17-30-26(34)35-16-23-21-10-6-4-8-19(21)20-9-5-7-11-22(20)23/h4-11,18,23H,12-17H2,1-3H3,(H,29,33)(H,30,34)(H,31,32). The summed E-state index contributed by atoms with van der Waals surface area (Å²) in [5.41, 5.74) is 3.77. The minimum atomic E-state index is -0.915. The Morgan fingerprint density at radius 1 is 1.00 bits per heavy atom. The quantitative estimate of drug-likeness (QED) is 0.490. The van der Waals surface area contributed by atoms with Gasteiger partial charge in [0, 0.05) is 19.0 Å². The first-order valence-electron chi connectivity index (χ1n) is 12.2. The topological polar surface area (TPSA) is 105 Å². The highest BCUT2D eigenvalue weighted by Gasteiger charge is 2.50. The van der Waals surface area contributed by atoms with E-state index in [1.54, 1.807) is 0 Å². The van der Waals surface area contributed by atoms with Gasteiger partial charge in [0.15, 0.2) is 0 Å². The van der Waals surface area contributed by atoms with Gasteiger partial charge in [-0.15, -0.1) is 0 Å². The van der Waals surface area contributed by atoms with Gasteiger partial charge in [0.1, 0.15) is 6.61 Å². The summed E-state index contributed by atoms with van der Waals surface area (Å²) in [6, 6.07) is 16.3. The van der Waals surface area contributed by atoms with Gasteiger partial charge in [0.2, 0.25) is 5.91 Å². The molecule has 0 heterocycles. The zero-order valence-corrected chi connectivity index (χ0v) is 20.6. The van der Waals surface area contributed by atoms with Crippen LogP contribution in [0.4, 0.5) is 4.79 Å². The minimum Gasteiger partial charge on any atom is -0.481 e. The van der Waals surface area contributed by atoms with Crippen LogP contribution in [0.5, 0.6) is 0 Å². The number of alkyl carbamates (subject to hydrolysis) is 1. The van der Waals surface area contributed by atoms with Crippen LogP contribution in [0.15, 0.2) is 48.5 Å². The highest BCUT2D eigenvalue weighted by atomic mass is 16.5. The lowest BCUT2D eigenvalue weighted by atomic mass is 9.84. The summed E-state index contributed by atoms with van der Waals surface area (Å²) >= 11 is 0. The number of carboxylic acid groups (broad SMARTS) is 1. The number of amides is 2. The lowest BCUT2D eigenvalue weighted by molar-refractivity contribution is -0.142. The molecule has 0 radical (unpaired) electrons. The number of hydrogen-bond acceptors (Lipinski definition) is 4. The molecule has 7 heteroatoms. The fourth-order valence-corrected chi connectivity index (χ4v) is 4.92. The maximum atomic E-state index is 12.8. The smallest absolute Gasteiger partial charge is 0.407 e. The normalized spacial score (nSPS) is 16.5. The second-order valence-corrected chi connectivity index (χ2v) is 11.0. The average molecular weight is 479 g/mol. The van der Waals surface area contributed by atoms with Gasteiger partial charge >= 0.3 is 12.1 Å². The fraction of sp³-hybridized carbons (Fsp3) is 0.464. The summed E-state index contributed by atoms with van der Waals surface area (Å²) in [5, 5.41) is 15.0. The molecule has 7 nitrogen and oxygen atoms in total. The van der Waals surface area contributed by atoms with Crippen molar-refractivity contribution in [2.24, 2.45) is 16.7 Å². The van der Waals surface area contributed by atoms with E-state index in [-0.39, 0.29) is 36.9 Å². The number of carbonyl (C=O) groups is 3. The van der Waals surface area contributed by atoms with Crippen molar-refractivity contribution >= 4 is 18.0 Å². The van der Waals surface area contributed by atoms with Crippen LogP contribution in [0.1, 0.15) is 57.1 Å². The zero-order valence-electron chi connectivity index (χ0n) is 20.6. The van der Waals surface area contributed by atoms with Crippen molar-refractivity contribution in [1.29, 1.82) is 0 Å². The van der Waals surface area contributed by atoms with Gasteiger partial charge < -0.3 is 20.5 Å². The second kappa shape index (κ2) is 9.72. The van der Waals surface area contributed by atoms with E-state index in [1.807, 2.05) is 45.0 Å². The fourth-order valence-electron chi connectivity index (χ4n) is 4.92. The summed E-state index contributed by atoms with van der Waals surface area (Å²) in [6.45, 7) is 6.40. The maximum Gasteiger partial charge on any atom is 0.407 e. The Bertz CT molecular complexity index is 1070. The summed E-state index contributed by atoms with van der Waals surface area (Å²) in [5.74, 6) is -1.80. The average Bonchev–Trinajstić information content (AvgIpc) is 3.55. The highest BCUT2D eigenvalue weighted by molar-refractivity contribution is 5.86. The molecule has 3 N–H and O–H groups in total. The summed E-state index contributed by atoms with van der Waals surface area (Å²) < 4.78 is 5.57. The molecule has 1 saturated carbocycles. The molecule has 4 rings (SSSR count). The number of benzene rings is 2. The van der Waals surface area contributed by atoms with Crippen LogP contribution in [0.3, 0.4) is 0 Å². The molecular weight excluding hydrogens is 444 g/mol. The summed E-state index contributed by atoms with van der Waals surface area (Å²) in [6.07, 6.45) is 1.22. The molecule has 0 spiro atoms. The number of fused-ring (bicyclic) bond motifs is 3. The van der Waals surface area contributed by atoms with Crippen molar-refractivity contribution in [3.8, 4) is 11.1 Å². The third-order valence-electron chi connectivity index (χ3n) is 6.97. The number of carboxylic acids is 1. The van der Waals surface area contributed by atoms with Gasteiger partial charge in [-0.25, -0.2) is 4.79 Å². The molecule has 186 valence electrons. The first-order valence-corrected chi connectivity index (χ1v) is 12.2. The molecule has 35 heavy (non-hydrogen) atoms. The van der Waals surface area contributed by atoms with Crippen LogP contribution in [0.25, 0.3) is 11.1 Å².